The number of rotatable bonds is 5. The maximum atomic E-state index is 6.09. The van der Waals surface area contributed by atoms with Gasteiger partial charge in [0.2, 0.25) is 5.95 Å². The van der Waals surface area contributed by atoms with Gasteiger partial charge in [0.25, 0.3) is 0 Å². The normalized spacial score (nSPS) is 22.4. The summed E-state index contributed by atoms with van der Waals surface area (Å²) < 4.78 is 0. The number of nitrogens with two attached hydrogens (primary N) is 1. The van der Waals surface area contributed by atoms with E-state index in [0.717, 1.165) is 44.7 Å². The van der Waals surface area contributed by atoms with Gasteiger partial charge < -0.3 is 21.7 Å². The summed E-state index contributed by atoms with van der Waals surface area (Å²) in [6, 6.07) is 9.03. The monoisotopic (exact) mass is 338 g/mol. The van der Waals surface area contributed by atoms with Crippen molar-refractivity contribution in [2.24, 2.45) is 5.92 Å². The lowest BCUT2D eigenvalue weighted by Crippen LogP contribution is -2.28. The fourth-order valence-electron chi connectivity index (χ4n) is 3.73. The molecular formula is C19H26N6. The van der Waals surface area contributed by atoms with Crippen LogP contribution in [-0.4, -0.2) is 35.6 Å². The van der Waals surface area contributed by atoms with E-state index in [1.165, 1.54) is 17.5 Å². The summed E-state index contributed by atoms with van der Waals surface area (Å²) in [5.74, 6) is 2.04. The number of nitrogens with one attached hydrogen (secondary N) is 3. The molecular weight excluding hydrogens is 312 g/mol. The second-order valence-corrected chi connectivity index (χ2v) is 7.09. The summed E-state index contributed by atoms with van der Waals surface area (Å²) >= 11 is 0. The Labute approximate surface area is 148 Å². The zero-order valence-electron chi connectivity index (χ0n) is 14.5. The Kier molecular flexibility index (Phi) is 4.70. The molecule has 1 aliphatic heterocycles. The lowest BCUT2D eigenvalue weighted by Gasteiger charge is -2.26. The molecule has 0 amide bonds. The molecule has 0 spiro atoms. The third-order valence-corrected chi connectivity index (χ3v) is 5.22. The molecule has 1 saturated heterocycles. The summed E-state index contributed by atoms with van der Waals surface area (Å²) in [6.07, 6.45) is 6.10. The van der Waals surface area contributed by atoms with Crippen molar-refractivity contribution in [2.45, 2.75) is 31.7 Å². The minimum atomic E-state index is 0.360. The van der Waals surface area contributed by atoms with Gasteiger partial charge in [-0.05, 0) is 55.8 Å². The van der Waals surface area contributed by atoms with Gasteiger partial charge in [-0.2, -0.15) is 4.98 Å². The molecule has 132 valence electrons. The van der Waals surface area contributed by atoms with Crippen molar-refractivity contribution in [3.63, 3.8) is 0 Å². The largest absolute Gasteiger partial charge is 0.394 e. The first kappa shape index (κ1) is 16.1. The van der Waals surface area contributed by atoms with Gasteiger partial charge >= 0.3 is 0 Å². The van der Waals surface area contributed by atoms with Crippen molar-refractivity contribution < 1.29 is 0 Å². The zero-order valence-corrected chi connectivity index (χ0v) is 14.5. The van der Waals surface area contributed by atoms with E-state index in [0.29, 0.717) is 23.6 Å². The van der Waals surface area contributed by atoms with Gasteiger partial charge in [-0.15, -0.1) is 0 Å². The minimum Gasteiger partial charge on any atom is -0.394 e. The first-order valence-electron chi connectivity index (χ1n) is 9.18. The first-order chi connectivity index (χ1) is 12.3. The van der Waals surface area contributed by atoms with Crippen LogP contribution in [0, 0.1) is 5.92 Å². The molecule has 6 nitrogen and oxygen atoms in total. The molecule has 5 N–H and O–H groups in total. The van der Waals surface area contributed by atoms with Crippen LogP contribution in [0.3, 0.4) is 0 Å². The van der Waals surface area contributed by atoms with Gasteiger partial charge in [0.15, 0.2) is 5.82 Å². The first-order valence-corrected chi connectivity index (χ1v) is 9.18. The number of hydrogen-bond acceptors (Lipinski definition) is 6. The van der Waals surface area contributed by atoms with Crippen LogP contribution in [0.25, 0.3) is 0 Å². The molecule has 1 aliphatic carbocycles. The Hall–Kier alpha value is -2.34. The van der Waals surface area contributed by atoms with Crippen LogP contribution in [0.2, 0.25) is 0 Å². The molecule has 0 saturated carbocycles. The van der Waals surface area contributed by atoms with Gasteiger partial charge in [0.1, 0.15) is 0 Å². The standard InChI is InChI=1S/C19H26N6/c20-17-12-23-19(22-11-13-7-8-21-10-13)25-18(17)24-16-6-5-14-3-1-2-4-15(14)9-16/h1-4,12-13,16,21H,5-11,20H2,(H2,22,23,24,25)/t13-,16?/m1/s1. The second kappa shape index (κ2) is 7.27. The highest BCUT2D eigenvalue weighted by atomic mass is 15.2. The zero-order chi connectivity index (χ0) is 17.1. The van der Waals surface area contributed by atoms with Crippen LogP contribution in [0.4, 0.5) is 17.5 Å². The van der Waals surface area contributed by atoms with Crippen molar-refractivity contribution in [1.82, 2.24) is 15.3 Å². The topological polar surface area (TPSA) is 87.9 Å². The molecule has 2 heterocycles. The van der Waals surface area contributed by atoms with Crippen LogP contribution in [0.1, 0.15) is 24.0 Å². The Balaban J connectivity index is 1.40. The van der Waals surface area contributed by atoms with Crippen LogP contribution in [0.15, 0.2) is 30.5 Å². The van der Waals surface area contributed by atoms with E-state index >= 15 is 0 Å². The second-order valence-electron chi connectivity index (χ2n) is 7.09. The van der Waals surface area contributed by atoms with Crippen LogP contribution in [-0.2, 0) is 12.8 Å². The van der Waals surface area contributed by atoms with Gasteiger partial charge in [0, 0.05) is 12.6 Å². The SMILES string of the molecule is Nc1cnc(NC[C@@H]2CCNC2)nc1NC1CCc2ccccc2C1. The number of aryl methyl sites for hydroxylation is 1. The molecule has 1 aromatic carbocycles. The summed E-state index contributed by atoms with van der Waals surface area (Å²) in [4.78, 5) is 8.93. The number of nitrogens with zero attached hydrogens (tertiary/aromatic N) is 2. The van der Waals surface area contributed by atoms with Crippen LogP contribution in [0.5, 0.6) is 0 Å². The van der Waals surface area contributed by atoms with Crippen molar-refractivity contribution in [3.8, 4) is 0 Å². The molecule has 25 heavy (non-hydrogen) atoms. The molecule has 2 aliphatic rings. The molecule has 0 bridgehead atoms. The maximum Gasteiger partial charge on any atom is 0.224 e. The molecule has 1 aromatic heterocycles. The Morgan fingerprint density at radius 1 is 1.20 bits per heavy atom. The van der Waals surface area contributed by atoms with E-state index in [4.69, 9.17) is 5.73 Å². The summed E-state index contributed by atoms with van der Waals surface area (Å²) in [5, 5.41) is 10.3. The van der Waals surface area contributed by atoms with Crippen molar-refractivity contribution in [3.05, 3.63) is 41.6 Å². The van der Waals surface area contributed by atoms with E-state index in [1.54, 1.807) is 6.20 Å². The molecule has 2 atom stereocenters. The lowest BCUT2D eigenvalue weighted by atomic mass is 9.88. The highest BCUT2D eigenvalue weighted by Crippen LogP contribution is 2.25. The van der Waals surface area contributed by atoms with Crippen LogP contribution >= 0.6 is 0 Å². The van der Waals surface area contributed by atoms with E-state index in [1.807, 2.05) is 0 Å². The molecule has 1 unspecified atom stereocenters. The predicted octanol–water partition coefficient (Wildman–Crippen LogP) is 2.05. The number of aromatic nitrogens is 2. The third kappa shape index (κ3) is 3.85. The number of nitrogen functional groups attached to an aromatic ring is 1. The summed E-state index contributed by atoms with van der Waals surface area (Å²) in [7, 11) is 0. The maximum absolute atomic E-state index is 6.09. The van der Waals surface area contributed by atoms with Gasteiger partial charge in [-0.1, -0.05) is 24.3 Å². The fraction of sp³-hybridized carbons (Fsp3) is 0.474. The van der Waals surface area contributed by atoms with Crippen LogP contribution < -0.4 is 21.7 Å². The van der Waals surface area contributed by atoms with Crippen molar-refractivity contribution in [2.75, 3.05) is 36.0 Å². The quantitative estimate of drug-likeness (QED) is 0.667. The average Bonchev–Trinajstić information content (AvgIpc) is 3.16. The van der Waals surface area contributed by atoms with Gasteiger partial charge in [0.05, 0.1) is 11.9 Å². The number of anilines is 3. The summed E-state index contributed by atoms with van der Waals surface area (Å²) in [6.45, 7) is 3.06. The molecule has 0 radical (unpaired) electrons. The average molecular weight is 338 g/mol. The Bertz CT molecular complexity index is 726. The summed E-state index contributed by atoms with van der Waals surface area (Å²) in [5.41, 5.74) is 9.58. The van der Waals surface area contributed by atoms with Gasteiger partial charge in [-0.3, -0.25) is 0 Å². The predicted molar refractivity (Wildman–Crippen MR) is 102 cm³/mol. The fourth-order valence-corrected chi connectivity index (χ4v) is 3.73. The van der Waals surface area contributed by atoms with Crippen molar-refractivity contribution in [1.29, 1.82) is 0 Å². The number of hydrogen-bond donors (Lipinski definition) is 4. The Morgan fingerprint density at radius 2 is 2.08 bits per heavy atom. The Morgan fingerprint density at radius 3 is 2.92 bits per heavy atom. The minimum absolute atomic E-state index is 0.360. The van der Waals surface area contributed by atoms with E-state index in [9.17, 15) is 0 Å². The number of benzene rings is 1. The van der Waals surface area contributed by atoms with E-state index in [-0.39, 0.29) is 0 Å². The molecule has 6 heteroatoms. The molecule has 2 aromatic rings. The molecule has 1 fully saturated rings. The highest BCUT2D eigenvalue weighted by molar-refractivity contribution is 5.62. The van der Waals surface area contributed by atoms with Gasteiger partial charge in [-0.25, -0.2) is 4.98 Å². The number of fused-ring (bicyclic) bond motifs is 1. The molecule has 4 rings (SSSR count). The third-order valence-electron chi connectivity index (χ3n) is 5.22. The van der Waals surface area contributed by atoms with E-state index < -0.39 is 0 Å². The smallest absolute Gasteiger partial charge is 0.224 e. The van der Waals surface area contributed by atoms with E-state index in [2.05, 4.69) is 50.2 Å². The highest BCUT2D eigenvalue weighted by Gasteiger charge is 2.20. The lowest BCUT2D eigenvalue weighted by molar-refractivity contribution is 0.607. The van der Waals surface area contributed by atoms with Crippen molar-refractivity contribution >= 4 is 17.5 Å².